The Bertz CT molecular complexity index is 364. The highest BCUT2D eigenvalue weighted by Crippen LogP contribution is 2.41. The fraction of sp³-hybridized carbons (Fsp3) is 1.00. The second-order valence-corrected chi connectivity index (χ2v) is 8.06. The molecule has 0 aromatic rings. The molecule has 2 heterocycles. The molecule has 2 aliphatic rings. The molecule has 0 amide bonds. The van der Waals surface area contributed by atoms with Gasteiger partial charge in [0.15, 0.2) is 0 Å². The van der Waals surface area contributed by atoms with Crippen molar-refractivity contribution < 1.29 is 50.3 Å². The number of hydrogen-bond donors (Lipinski definition) is 8. The SMILES string of the molecule is OC[C@H]1O[C@@H](SSC2O[C@H](CO)[C@@H](O)[C@H](O)[C@H]2O)[C@H](O)[C@@H](O)[C@H]1O. The summed E-state index contributed by atoms with van der Waals surface area (Å²) in [6.45, 7) is -1.13. The molecule has 0 aromatic heterocycles. The van der Waals surface area contributed by atoms with Crippen LogP contribution in [-0.4, -0.2) is 114 Å². The lowest BCUT2D eigenvalue weighted by molar-refractivity contribution is -0.206. The highest BCUT2D eigenvalue weighted by molar-refractivity contribution is 8.77. The van der Waals surface area contributed by atoms with Crippen molar-refractivity contribution in [3.05, 3.63) is 0 Å². The molecule has 0 spiro atoms. The summed E-state index contributed by atoms with van der Waals surface area (Å²) in [4.78, 5) is 0. The highest BCUT2D eigenvalue weighted by atomic mass is 33.1. The fourth-order valence-electron chi connectivity index (χ4n) is 2.40. The maximum atomic E-state index is 9.93. The van der Waals surface area contributed by atoms with E-state index in [0.717, 1.165) is 21.6 Å². The summed E-state index contributed by atoms with van der Waals surface area (Å²) in [5.41, 5.74) is -2.09. The Hall–Kier alpha value is 0.300. The minimum atomic E-state index is -1.52. The lowest BCUT2D eigenvalue weighted by Gasteiger charge is -2.42. The van der Waals surface area contributed by atoms with Crippen LogP contribution in [0.25, 0.3) is 0 Å². The van der Waals surface area contributed by atoms with Gasteiger partial charge in [-0.1, -0.05) is 21.6 Å². The van der Waals surface area contributed by atoms with E-state index in [-0.39, 0.29) is 0 Å². The van der Waals surface area contributed by atoms with Gasteiger partial charge in [0, 0.05) is 0 Å². The zero-order chi connectivity index (χ0) is 18.0. The number of hydrogen-bond acceptors (Lipinski definition) is 12. The van der Waals surface area contributed by atoms with Gasteiger partial charge in [0.05, 0.1) is 13.2 Å². The van der Waals surface area contributed by atoms with E-state index in [4.69, 9.17) is 19.7 Å². The summed E-state index contributed by atoms with van der Waals surface area (Å²) < 4.78 is 10.6. The minimum Gasteiger partial charge on any atom is -0.394 e. The second-order valence-electron chi connectivity index (χ2n) is 5.59. The van der Waals surface area contributed by atoms with E-state index in [1.165, 1.54) is 0 Å². The molecule has 8 N–H and O–H groups in total. The van der Waals surface area contributed by atoms with E-state index in [9.17, 15) is 30.6 Å². The monoisotopic (exact) mass is 390 g/mol. The third-order valence-electron chi connectivity index (χ3n) is 3.94. The molecule has 0 radical (unpaired) electrons. The molecule has 0 saturated carbocycles. The van der Waals surface area contributed by atoms with Gasteiger partial charge in [-0.25, -0.2) is 0 Å². The summed E-state index contributed by atoms with van der Waals surface area (Å²) in [7, 11) is 1.72. The largest absolute Gasteiger partial charge is 0.394 e. The van der Waals surface area contributed by atoms with E-state index < -0.39 is 72.9 Å². The molecule has 2 saturated heterocycles. The predicted molar refractivity (Wildman–Crippen MR) is 82.7 cm³/mol. The van der Waals surface area contributed by atoms with E-state index in [0.29, 0.717) is 0 Å². The first kappa shape index (κ1) is 20.6. The Morgan fingerprint density at radius 3 is 1.17 bits per heavy atom. The standard InChI is InChI=1S/C12H22O10S2/c13-1-3-5(15)7(17)9(19)11(21-3)23-24-12-10(20)8(18)6(16)4(2-14)22-12/h3-20H,1-2H2/t3-,4-,5-,6+,7+,8+,9-,10-,11?,12+/m1/s1. The average Bonchev–Trinajstić information content (AvgIpc) is 2.58. The number of rotatable bonds is 5. The molecule has 10 atom stereocenters. The number of ether oxygens (including phenoxy) is 2. The van der Waals surface area contributed by atoms with Crippen LogP contribution in [0.15, 0.2) is 0 Å². The average molecular weight is 390 g/mol. The van der Waals surface area contributed by atoms with Crippen LogP contribution < -0.4 is 0 Å². The molecule has 142 valence electrons. The van der Waals surface area contributed by atoms with Crippen molar-refractivity contribution in [3.63, 3.8) is 0 Å². The Balaban J connectivity index is 1.96. The van der Waals surface area contributed by atoms with E-state index in [1.54, 1.807) is 0 Å². The first-order valence-electron chi connectivity index (χ1n) is 7.25. The number of aliphatic hydroxyl groups is 8. The Labute approximate surface area is 145 Å². The lowest BCUT2D eigenvalue weighted by Crippen LogP contribution is -2.58. The van der Waals surface area contributed by atoms with Crippen LogP contribution in [0.4, 0.5) is 0 Å². The van der Waals surface area contributed by atoms with Crippen LogP contribution in [0.1, 0.15) is 0 Å². The van der Waals surface area contributed by atoms with Crippen molar-refractivity contribution in [3.8, 4) is 0 Å². The lowest BCUT2D eigenvalue weighted by atomic mass is 10.0. The molecule has 12 heteroatoms. The van der Waals surface area contributed by atoms with E-state index in [2.05, 4.69) is 0 Å². The van der Waals surface area contributed by atoms with Crippen LogP contribution >= 0.6 is 21.6 Å². The normalized spacial score (nSPS) is 50.0. The molecule has 2 fully saturated rings. The second kappa shape index (κ2) is 8.79. The molecular weight excluding hydrogens is 368 g/mol. The highest BCUT2D eigenvalue weighted by Gasteiger charge is 2.47. The van der Waals surface area contributed by atoms with E-state index in [1.807, 2.05) is 0 Å². The van der Waals surface area contributed by atoms with E-state index >= 15 is 0 Å². The maximum Gasteiger partial charge on any atom is 0.142 e. The van der Waals surface area contributed by atoms with Gasteiger partial charge in [-0.15, -0.1) is 0 Å². The molecule has 2 rings (SSSR count). The van der Waals surface area contributed by atoms with Crippen molar-refractivity contribution in [2.75, 3.05) is 13.2 Å². The van der Waals surface area contributed by atoms with Crippen LogP contribution in [0.2, 0.25) is 0 Å². The van der Waals surface area contributed by atoms with Crippen molar-refractivity contribution >= 4 is 21.6 Å². The van der Waals surface area contributed by atoms with Crippen molar-refractivity contribution in [2.24, 2.45) is 0 Å². The van der Waals surface area contributed by atoms with Gasteiger partial charge >= 0.3 is 0 Å². The van der Waals surface area contributed by atoms with Gasteiger partial charge in [-0.3, -0.25) is 0 Å². The van der Waals surface area contributed by atoms with Crippen LogP contribution in [-0.2, 0) is 9.47 Å². The summed E-state index contributed by atoms with van der Waals surface area (Å²) in [5, 5.41) is 76.9. The molecular formula is C12H22O10S2. The molecule has 0 bridgehead atoms. The van der Waals surface area contributed by atoms with Crippen molar-refractivity contribution in [1.82, 2.24) is 0 Å². The molecule has 24 heavy (non-hydrogen) atoms. The molecule has 1 unspecified atom stereocenters. The summed E-state index contributed by atoms with van der Waals surface area (Å²) in [6, 6.07) is 0. The van der Waals surface area contributed by atoms with Crippen LogP contribution in [0, 0.1) is 0 Å². The zero-order valence-corrected chi connectivity index (χ0v) is 14.0. The first-order valence-corrected chi connectivity index (χ1v) is 9.52. The quantitative estimate of drug-likeness (QED) is 0.213. The van der Waals surface area contributed by atoms with Crippen LogP contribution in [0.3, 0.4) is 0 Å². The summed E-state index contributed by atoms with van der Waals surface area (Å²) >= 11 is 0. The third kappa shape index (κ3) is 4.16. The molecule has 0 aliphatic carbocycles. The first-order chi connectivity index (χ1) is 11.3. The molecule has 0 aromatic carbocycles. The Morgan fingerprint density at radius 2 is 0.875 bits per heavy atom. The van der Waals surface area contributed by atoms with Gasteiger partial charge in [0.2, 0.25) is 0 Å². The summed E-state index contributed by atoms with van der Waals surface area (Å²) in [5.74, 6) is 0. The topological polar surface area (TPSA) is 180 Å². The van der Waals surface area contributed by atoms with Gasteiger partial charge < -0.3 is 50.3 Å². The zero-order valence-electron chi connectivity index (χ0n) is 12.4. The van der Waals surface area contributed by atoms with Gasteiger partial charge in [-0.05, 0) is 0 Å². The third-order valence-corrected chi connectivity index (χ3v) is 6.68. The van der Waals surface area contributed by atoms with Gasteiger partial charge in [0.25, 0.3) is 0 Å². The Kier molecular flexibility index (Phi) is 7.55. The van der Waals surface area contributed by atoms with Gasteiger partial charge in [0.1, 0.15) is 59.7 Å². The molecule has 2 aliphatic heterocycles. The van der Waals surface area contributed by atoms with Crippen molar-refractivity contribution in [1.29, 1.82) is 0 Å². The van der Waals surface area contributed by atoms with Crippen LogP contribution in [0.5, 0.6) is 0 Å². The fourth-order valence-corrected chi connectivity index (χ4v) is 5.16. The predicted octanol–water partition coefficient (Wildman–Crippen LogP) is -4.03. The Morgan fingerprint density at radius 1 is 0.542 bits per heavy atom. The maximum absolute atomic E-state index is 9.93. The minimum absolute atomic E-state index is 0.563. The molecule has 10 nitrogen and oxygen atoms in total. The number of aliphatic hydroxyl groups excluding tert-OH is 8. The van der Waals surface area contributed by atoms with Crippen molar-refractivity contribution in [2.45, 2.75) is 59.7 Å². The van der Waals surface area contributed by atoms with Gasteiger partial charge in [-0.2, -0.15) is 0 Å². The smallest absolute Gasteiger partial charge is 0.142 e. The summed E-state index contributed by atoms with van der Waals surface area (Å²) in [6.07, 6.45) is -11.0.